The summed E-state index contributed by atoms with van der Waals surface area (Å²) in [4.78, 5) is 0. The van der Waals surface area contributed by atoms with Crippen molar-refractivity contribution in [2.45, 2.75) is 45.3 Å². The zero-order chi connectivity index (χ0) is 25.4. The molecule has 3 aromatic rings. The minimum atomic E-state index is -1.17. The van der Waals surface area contributed by atoms with Crippen LogP contribution in [0.1, 0.15) is 49.8 Å². The highest BCUT2D eigenvalue weighted by Gasteiger charge is 2.20. The van der Waals surface area contributed by atoms with Crippen molar-refractivity contribution in [3.05, 3.63) is 95.6 Å². The van der Waals surface area contributed by atoms with E-state index in [1.54, 1.807) is 30.3 Å². The van der Waals surface area contributed by atoms with E-state index in [9.17, 15) is 22.7 Å². The summed E-state index contributed by atoms with van der Waals surface area (Å²) in [5, 5.41) is 9.95. The van der Waals surface area contributed by atoms with Crippen LogP contribution in [0.4, 0.5) is 17.6 Å². The summed E-state index contributed by atoms with van der Waals surface area (Å²) in [5.74, 6) is -4.81. The zero-order valence-electron chi connectivity index (χ0n) is 19.5. The van der Waals surface area contributed by atoms with Crippen LogP contribution in [0.25, 0.3) is 11.1 Å². The number of aliphatic hydroxyl groups is 1. The molecule has 0 spiro atoms. The molecule has 0 amide bonds. The van der Waals surface area contributed by atoms with Gasteiger partial charge in [0.2, 0.25) is 11.6 Å². The summed E-state index contributed by atoms with van der Waals surface area (Å²) in [5.41, 5.74) is 1.02. The van der Waals surface area contributed by atoms with E-state index in [2.05, 4.69) is 6.58 Å². The van der Waals surface area contributed by atoms with Crippen LogP contribution in [0.2, 0.25) is 0 Å². The first kappa shape index (κ1) is 26.3. The average molecular weight is 489 g/mol. The van der Waals surface area contributed by atoms with E-state index in [4.69, 9.17) is 9.47 Å². The number of hydrogen-bond donors (Lipinski definition) is 1. The monoisotopic (exact) mass is 488 g/mol. The standard InChI is InChI=1S/C28H28F4O3/c1-3-5-6-16-34-23-14-12-20(25(29)27(23)31)19-10-8-18(9-11-19)17-35-24-15-13-21(22(33)7-4-2)26(30)28(24)32/h3,8-15,22,33H,1,4-7,16-17H2,2H3. The SMILES string of the molecule is C=CCCCOc1ccc(-c2ccc(COc3ccc(C(O)CCC)c(F)c3F)cc2)c(F)c1F. The molecule has 0 saturated heterocycles. The van der Waals surface area contributed by atoms with Crippen LogP contribution in [-0.2, 0) is 6.61 Å². The van der Waals surface area contributed by atoms with Crippen molar-refractivity contribution in [2.24, 2.45) is 0 Å². The third kappa shape index (κ3) is 6.42. The summed E-state index contributed by atoms with van der Waals surface area (Å²) in [6.07, 6.45) is 2.95. The maximum absolute atomic E-state index is 14.6. The lowest BCUT2D eigenvalue weighted by molar-refractivity contribution is 0.160. The minimum Gasteiger partial charge on any atom is -0.490 e. The summed E-state index contributed by atoms with van der Waals surface area (Å²) >= 11 is 0. The molecule has 0 saturated carbocycles. The van der Waals surface area contributed by atoms with Gasteiger partial charge in [0, 0.05) is 11.1 Å². The van der Waals surface area contributed by atoms with E-state index in [1.165, 1.54) is 24.3 Å². The number of aliphatic hydroxyl groups excluding tert-OH is 1. The van der Waals surface area contributed by atoms with Crippen LogP contribution in [0.3, 0.4) is 0 Å². The molecule has 7 heteroatoms. The molecule has 186 valence electrons. The van der Waals surface area contributed by atoms with Crippen LogP contribution >= 0.6 is 0 Å². The van der Waals surface area contributed by atoms with Gasteiger partial charge in [0.25, 0.3) is 0 Å². The molecule has 3 nitrogen and oxygen atoms in total. The Bertz CT molecular complexity index is 1150. The number of unbranched alkanes of at least 4 members (excludes halogenated alkanes) is 1. The Morgan fingerprint density at radius 2 is 1.51 bits per heavy atom. The van der Waals surface area contributed by atoms with Gasteiger partial charge in [0.1, 0.15) is 6.61 Å². The molecule has 0 fully saturated rings. The quantitative estimate of drug-likeness (QED) is 0.162. The first-order valence-corrected chi connectivity index (χ1v) is 11.5. The molecule has 0 bridgehead atoms. The Hall–Kier alpha value is -3.32. The van der Waals surface area contributed by atoms with Gasteiger partial charge in [0.15, 0.2) is 23.1 Å². The van der Waals surface area contributed by atoms with Crippen molar-refractivity contribution in [3.63, 3.8) is 0 Å². The molecule has 1 atom stereocenters. The van der Waals surface area contributed by atoms with E-state index in [-0.39, 0.29) is 35.8 Å². The molecular weight excluding hydrogens is 460 g/mol. The second-order valence-corrected chi connectivity index (χ2v) is 8.09. The lowest BCUT2D eigenvalue weighted by Crippen LogP contribution is -2.05. The van der Waals surface area contributed by atoms with Gasteiger partial charge in [-0.25, -0.2) is 8.78 Å². The highest BCUT2D eigenvalue weighted by atomic mass is 19.2. The fraction of sp³-hybridized carbons (Fsp3) is 0.286. The van der Waals surface area contributed by atoms with Gasteiger partial charge < -0.3 is 14.6 Å². The van der Waals surface area contributed by atoms with Gasteiger partial charge in [-0.05, 0) is 54.7 Å². The second-order valence-electron chi connectivity index (χ2n) is 8.09. The fourth-order valence-corrected chi connectivity index (χ4v) is 3.56. The van der Waals surface area contributed by atoms with Gasteiger partial charge in [-0.15, -0.1) is 6.58 Å². The fourth-order valence-electron chi connectivity index (χ4n) is 3.56. The first-order chi connectivity index (χ1) is 16.9. The van der Waals surface area contributed by atoms with Crippen LogP contribution in [-0.4, -0.2) is 11.7 Å². The van der Waals surface area contributed by atoms with Crippen molar-refractivity contribution in [3.8, 4) is 22.6 Å². The van der Waals surface area contributed by atoms with Crippen LogP contribution in [0, 0.1) is 23.3 Å². The number of halogens is 4. The Morgan fingerprint density at radius 1 is 0.857 bits per heavy atom. The smallest absolute Gasteiger partial charge is 0.201 e. The number of hydrogen-bond acceptors (Lipinski definition) is 3. The van der Waals surface area contributed by atoms with Gasteiger partial charge in [0.05, 0.1) is 12.7 Å². The lowest BCUT2D eigenvalue weighted by atomic mass is 10.0. The third-order valence-electron chi connectivity index (χ3n) is 5.51. The molecule has 3 aromatic carbocycles. The predicted octanol–water partition coefficient (Wildman–Crippen LogP) is 7.67. The van der Waals surface area contributed by atoms with E-state index < -0.39 is 29.4 Å². The number of benzene rings is 3. The van der Waals surface area contributed by atoms with Crippen LogP contribution in [0.15, 0.2) is 61.2 Å². The van der Waals surface area contributed by atoms with Gasteiger partial charge in [-0.1, -0.05) is 43.7 Å². The van der Waals surface area contributed by atoms with Crippen molar-refractivity contribution in [2.75, 3.05) is 6.61 Å². The molecule has 1 unspecified atom stereocenters. The lowest BCUT2D eigenvalue weighted by Gasteiger charge is -2.14. The molecule has 35 heavy (non-hydrogen) atoms. The zero-order valence-corrected chi connectivity index (χ0v) is 19.5. The maximum Gasteiger partial charge on any atom is 0.201 e. The summed E-state index contributed by atoms with van der Waals surface area (Å²) in [6.45, 7) is 5.62. The predicted molar refractivity (Wildman–Crippen MR) is 127 cm³/mol. The van der Waals surface area contributed by atoms with Crippen molar-refractivity contribution in [1.29, 1.82) is 0 Å². The second kappa shape index (κ2) is 12.4. The molecule has 0 aliphatic heterocycles. The summed E-state index contributed by atoms with van der Waals surface area (Å²) in [6, 6.07) is 11.8. The normalized spacial score (nSPS) is 11.8. The molecule has 3 rings (SSSR count). The average Bonchev–Trinajstić information content (AvgIpc) is 2.86. The number of rotatable bonds is 12. The van der Waals surface area contributed by atoms with Crippen molar-refractivity contribution in [1.82, 2.24) is 0 Å². The van der Waals surface area contributed by atoms with Gasteiger partial charge in [-0.2, -0.15) is 8.78 Å². The molecule has 0 aromatic heterocycles. The summed E-state index contributed by atoms with van der Waals surface area (Å²) < 4.78 is 68.4. The van der Waals surface area contributed by atoms with Crippen molar-refractivity contribution >= 4 is 0 Å². The Labute approximate surface area is 202 Å². The molecule has 0 radical (unpaired) electrons. The minimum absolute atomic E-state index is 0.0676. The first-order valence-electron chi connectivity index (χ1n) is 11.5. The van der Waals surface area contributed by atoms with E-state index >= 15 is 0 Å². The third-order valence-corrected chi connectivity index (χ3v) is 5.51. The van der Waals surface area contributed by atoms with Crippen molar-refractivity contribution < 1.29 is 32.1 Å². The molecule has 1 N–H and O–H groups in total. The molecule has 0 aliphatic carbocycles. The van der Waals surface area contributed by atoms with Crippen LogP contribution in [0.5, 0.6) is 11.5 Å². The number of allylic oxidation sites excluding steroid dienone is 1. The van der Waals surface area contributed by atoms with E-state index in [1.807, 2.05) is 6.92 Å². The molecule has 0 heterocycles. The van der Waals surface area contributed by atoms with E-state index in [0.717, 1.165) is 0 Å². The Morgan fingerprint density at radius 3 is 2.20 bits per heavy atom. The maximum atomic E-state index is 14.6. The Balaban J connectivity index is 1.67. The van der Waals surface area contributed by atoms with Crippen LogP contribution < -0.4 is 9.47 Å². The van der Waals surface area contributed by atoms with E-state index in [0.29, 0.717) is 36.8 Å². The molecule has 0 aliphatic rings. The molecular formula is C28H28F4O3. The highest BCUT2D eigenvalue weighted by Crippen LogP contribution is 2.31. The largest absolute Gasteiger partial charge is 0.490 e. The van der Waals surface area contributed by atoms with Gasteiger partial charge >= 0.3 is 0 Å². The van der Waals surface area contributed by atoms with Gasteiger partial charge in [-0.3, -0.25) is 0 Å². The number of ether oxygens (including phenoxy) is 2. The highest BCUT2D eigenvalue weighted by molar-refractivity contribution is 5.65. The summed E-state index contributed by atoms with van der Waals surface area (Å²) in [7, 11) is 0. The Kier molecular flexibility index (Phi) is 9.32. The topological polar surface area (TPSA) is 38.7 Å².